The van der Waals surface area contributed by atoms with Crippen molar-refractivity contribution in [2.24, 2.45) is 5.92 Å². The Morgan fingerprint density at radius 3 is 2.64 bits per heavy atom. The Hall–Kier alpha value is -2.38. The first-order valence-electron chi connectivity index (χ1n) is 8.40. The van der Waals surface area contributed by atoms with E-state index in [-0.39, 0.29) is 23.7 Å². The number of amides is 1. The first-order valence-corrected chi connectivity index (χ1v) is 8.40. The molecule has 0 saturated carbocycles. The molecule has 0 unspecified atom stereocenters. The topological polar surface area (TPSA) is 84.7 Å². The summed E-state index contributed by atoms with van der Waals surface area (Å²) in [5, 5.41) is 14.2. The van der Waals surface area contributed by atoms with Crippen molar-refractivity contribution in [3.63, 3.8) is 0 Å². The highest BCUT2D eigenvalue weighted by atomic mass is 19.1. The van der Waals surface area contributed by atoms with E-state index in [4.69, 9.17) is 4.74 Å². The van der Waals surface area contributed by atoms with Gasteiger partial charge in [-0.3, -0.25) is 10.1 Å². The predicted octanol–water partition coefficient (Wildman–Crippen LogP) is 3.71. The van der Waals surface area contributed by atoms with Gasteiger partial charge in [0.2, 0.25) is 0 Å². The first kappa shape index (κ1) is 19.0. The molecule has 0 atom stereocenters. The van der Waals surface area contributed by atoms with E-state index in [0.717, 1.165) is 6.07 Å². The minimum Gasteiger partial charge on any atom is -0.449 e. The van der Waals surface area contributed by atoms with Crippen LogP contribution in [0.3, 0.4) is 0 Å². The summed E-state index contributed by atoms with van der Waals surface area (Å²) in [5.74, 6) is -0.314. The van der Waals surface area contributed by atoms with Gasteiger partial charge in [-0.2, -0.15) is 0 Å². The summed E-state index contributed by atoms with van der Waals surface area (Å²) in [4.78, 5) is 24.1. The minimum absolute atomic E-state index is 0.0160. The number of ether oxygens (including phenoxy) is 1. The van der Waals surface area contributed by atoms with Gasteiger partial charge in [-0.25, -0.2) is 9.18 Å². The van der Waals surface area contributed by atoms with Gasteiger partial charge in [-0.1, -0.05) is 13.8 Å². The SMILES string of the molecule is Cc1cc(NC2CCN(C(=O)OCC(C)C)CC2)c([N+](=O)[O-])cc1F. The average Bonchev–Trinajstić information content (AvgIpc) is 2.56. The van der Waals surface area contributed by atoms with Crippen molar-refractivity contribution in [2.45, 2.75) is 39.7 Å². The largest absolute Gasteiger partial charge is 0.449 e. The van der Waals surface area contributed by atoms with Crippen LogP contribution in [0, 0.1) is 28.8 Å². The summed E-state index contributed by atoms with van der Waals surface area (Å²) in [6.45, 7) is 6.93. The zero-order valence-electron chi connectivity index (χ0n) is 14.8. The number of nitro benzene ring substituents is 1. The zero-order chi connectivity index (χ0) is 18.6. The molecular weight excluding hydrogens is 329 g/mol. The summed E-state index contributed by atoms with van der Waals surface area (Å²) in [6, 6.07) is 2.38. The quantitative estimate of drug-likeness (QED) is 0.644. The van der Waals surface area contributed by atoms with Gasteiger partial charge < -0.3 is 15.0 Å². The Balaban J connectivity index is 1.95. The molecular formula is C17H24FN3O4. The molecule has 25 heavy (non-hydrogen) atoms. The second-order valence-corrected chi connectivity index (χ2v) is 6.75. The van der Waals surface area contributed by atoms with Crippen molar-refractivity contribution in [1.82, 2.24) is 4.90 Å². The van der Waals surface area contributed by atoms with Gasteiger partial charge in [-0.15, -0.1) is 0 Å². The number of hydrogen-bond donors (Lipinski definition) is 1. The molecule has 1 fully saturated rings. The third kappa shape index (κ3) is 5.04. The third-order valence-corrected chi connectivity index (χ3v) is 4.13. The minimum atomic E-state index is -0.597. The van der Waals surface area contributed by atoms with Gasteiger partial charge in [0.25, 0.3) is 5.69 Å². The van der Waals surface area contributed by atoms with Crippen LogP contribution in [0.4, 0.5) is 20.6 Å². The van der Waals surface area contributed by atoms with Crippen LogP contribution in [-0.4, -0.2) is 41.7 Å². The molecule has 1 aliphatic heterocycles. The number of carbonyl (C=O) groups excluding carboxylic acids is 1. The van der Waals surface area contributed by atoms with E-state index in [1.165, 1.54) is 6.07 Å². The lowest BCUT2D eigenvalue weighted by molar-refractivity contribution is -0.384. The monoisotopic (exact) mass is 353 g/mol. The molecule has 1 amide bonds. The lowest BCUT2D eigenvalue weighted by atomic mass is 10.0. The molecule has 7 nitrogen and oxygen atoms in total. The second kappa shape index (κ2) is 8.13. The highest BCUT2D eigenvalue weighted by Gasteiger charge is 2.26. The fourth-order valence-corrected chi connectivity index (χ4v) is 2.69. The van der Waals surface area contributed by atoms with Gasteiger partial charge in [0.15, 0.2) is 0 Å². The number of nitrogens with zero attached hydrogens (tertiary/aromatic N) is 2. The molecule has 138 valence electrons. The van der Waals surface area contributed by atoms with E-state index in [2.05, 4.69) is 5.32 Å². The number of nitro groups is 1. The van der Waals surface area contributed by atoms with Crippen molar-refractivity contribution >= 4 is 17.5 Å². The number of likely N-dealkylation sites (tertiary alicyclic amines) is 1. The van der Waals surface area contributed by atoms with Gasteiger partial charge in [-0.05, 0) is 37.3 Å². The molecule has 1 aromatic carbocycles. The number of halogens is 1. The van der Waals surface area contributed by atoms with E-state index < -0.39 is 10.7 Å². The number of rotatable bonds is 5. The van der Waals surface area contributed by atoms with Crippen LogP contribution in [0.5, 0.6) is 0 Å². The molecule has 2 rings (SSSR count). The molecule has 1 aromatic rings. The number of aryl methyl sites for hydroxylation is 1. The predicted molar refractivity (Wildman–Crippen MR) is 92.2 cm³/mol. The molecule has 1 N–H and O–H groups in total. The zero-order valence-corrected chi connectivity index (χ0v) is 14.8. The number of benzene rings is 1. The molecule has 0 aromatic heterocycles. The smallest absolute Gasteiger partial charge is 0.409 e. The van der Waals surface area contributed by atoms with Crippen LogP contribution in [0.15, 0.2) is 12.1 Å². The third-order valence-electron chi connectivity index (χ3n) is 4.13. The van der Waals surface area contributed by atoms with Crippen molar-refractivity contribution in [1.29, 1.82) is 0 Å². The van der Waals surface area contributed by atoms with Gasteiger partial charge >= 0.3 is 6.09 Å². The number of carbonyl (C=O) groups is 1. The van der Waals surface area contributed by atoms with Crippen molar-refractivity contribution in [3.8, 4) is 0 Å². The molecule has 1 heterocycles. The van der Waals surface area contributed by atoms with Gasteiger partial charge in [0, 0.05) is 19.1 Å². The normalized spacial score (nSPS) is 15.3. The summed E-state index contributed by atoms with van der Waals surface area (Å²) < 4.78 is 18.8. The summed E-state index contributed by atoms with van der Waals surface area (Å²) in [6.07, 6.45) is 0.963. The van der Waals surface area contributed by atoms with Crippen molar-refractivity contribution in [3.05, 3.63) is 33.6 Å². The molecule has 1 saturated heterocycles. The summed E-state index contributed by atoms with van der Waals surface area (Å²) in [7, 11) is 0. The molecule has 0 radical (unpaired) electrons. The average molecular weight is 353 g/mol. The van der Waals surface area contributed by atoms with Crippen LogP contribution in [0.1, 0.15) is 32.3 Å². The van der Waals surface area contributed by atoms with E-state index in [1.54, 1.807) is 11.8 Å². The van der Waals surface area contributed by atoms with Crippen LogP contribution in [-0.2, 0) is 4.74 Å². The van der Waals surface area contributed by atoms with E-state index in [1.807, 2.05) is 13.8 Å². The Kier molecular flexibility index (Phi) is 6.17. The molecule has 8 heteroatoms. The van der Waals surface area contributed by atoms with E-state index in [0.29, 0.717) is 43.8 Å². The highest BCUT2D eigenvalue weighted by molar-refractivity contribution is 5.68. The maximum absolute atomic E-state index is 13.6. The van der Waals surface area contributed by atoms with Crippen molar-refractivity contribution < 1.29 is 18.8 Å². The maximum Gasteiger partial charge on any atom is 0.409 e. The summed E-state index contributed by atoms with van der Waals surface area (Å²) in [5.41, 5.74) is 0.384. The Morgan fingerprint density at radius 1 is 1.44 bits per heavy atom. The summed E-state index contributed by atoms with van der Waals surface area (Å²) >= 11 is 0. The lowest BCUT2D eigenvalue weighted by Crippen LogP contribution is -2.43. The van der Waals surface area contributed by atoms with Crippen LogP contribution in [0.2, 0.25) is 0 Å². The van der Waals surface area contributed by atoms with E-state index >= 15 is 0 Å². The van der Waals surface area contributed by atoms with Gasteiger partial charge in [0.05, 0.1) is 17.6 Å². The Morgan fingerprint density at radius 2 is 2.08 bits per heavy atom. The fourth-order valence-electron chi connectivity index (χ4n) is 2.69. The molecule has 1 aliphatic rings. The van der Waals surface area contributed by atoms with Crippen molar-refractivity contribution in [2.75, 3.05) is 25.0 Å². The van der Waals surface area contributed by atoms with Crippen LogP contribution < -0.4 is 5.32 Å². The number of anilines is 1. The maximum atomic E-state index is 13.6. The number of piperidine rings is 1. The van der Waals surface area contributed by atoms with Crippen LogP contribution >= 0.6 is 0 Å². The fraction of sp³-hybridized carbons (Fsp3) is 0.588. The number of hydrogen-bond acceptors (Lipinski definition) is 5. The Labute approximate surface area is 146 Å². The molecule has 0 bridgehead atoms. The van der Waals surface area contributed by atoms with Crippen LogP contribution in [0.25, 0.3) is 0 Å². The first-order chi connectivity index (χ1) is 11.8. The second-order valence-electron chi connectivity index (χ2n) is 6.75. The molecule has 0 aliphatic carbocycles. The highest BCUT2D eigenvalue weighted by Crippen LogP contribution is 2.29. The van der Waals surface area contributed by atoms with E-state index in [9.17, 15) is 19.3 Å². The standard InChI is InChI=1S/C17H24FN3O4/c1-11(2)10-25-17(22)20-6-4-13(5-7-20)19-15-8-12(3)14(18)9-16(15)21(23)24/h8-9,11,13,19H,4-7,10H2,1-3H3. The lowest BCUT2D eigenvalue weighted by Gasteiger charge is -2.32. The Bertz CT molecular complexity index is 643. The molecule has 0 spiro atoms. The number of nitrogens with one attached hydrogen (secondary N) is 1. The van der Waals surface area contributed by atoms with Gasteiger partial charge in [0.1, 0.15) is 11.5 Å².